The van der Waals surface area contributed by atoms with Gasteiger partial charge in [0, 0.05) is 18.3 Å². The van der Waals surface area contributed by atoms with E-state index in [2.05, 4.69) is 10.6 Å². The largest absolute Gasteiger partial charge is 0.497 e. The number of nitrogens with zero attached hydrogens (tertiary/aromatic N) is 1. The number of methoxy groups -OCH3 is 1. The van der Waals surface area contributed by atoms with Crippen LogP contribution in [0, 0.1) is 0 Å². The van der Waals surface area contributed by atoms with Crippen LogP contribution in [0.1, 0.15) is 58.4 Å². The van der Waals surface area contributed by atoms with Gasteiger partial charge in [-0.05, 0) is 55.2 Å². The van der Waals surface area contributed by atoms with Crippen molar-refractivity contribution in [2.75, 3.05) is 19.0 Å². The van der Waals surface area contributed by atoms with Crippen LogP contribution in [-0.4, -0.2) is 42.4 Å². The van der Waals surface area contributed by atoms with Crippen LogP contribution < -0.4 is 15.4 Å². The number of fused-ring (bicyclic) bond motifs is 1. The maximum atomic E-state index is 12.9. The zero-order valence-electron chi connectivity index (χ0n) is 17.6. The number of imide groups is 1. The van der Waals surface area contributed by atoms with E-state index in [1.54, 1.807) is 25.3 Å². The summed E-state index contributed by atoms with van der Waals surface area (Å²) in [4.78, 5) is 39.3. The van der Waals surface area contributed by atoms with Gasteiger partial charge in [-0.2, -0.15) is 0 Å². The average Bonchev–Trinajstić information content (AvgIpc) is 3.04. The van der Waals surface area contributed by atoms with Gasteiger partial charge in [0.2, 0.25) is 0 Å². The first-order valence-electron chi connectivity index (χ1n) is 10.8. The third-order valence-corrected chi connectivity index (χ3v) is 5.95. The summed E-state index contributed by atoms with van der Waals surface area (Å²) in [5, 5.41) is 5.57. The van der Waals surface area contributed by atoms with Crippen molar-refractivity contribution in [2.45, 2.75) is 44.6 Å². The van der Waals surface area contributed by atoms with Gasteiger partial charge in [-0.3, -0.25) is 14.5 Å². The minimum absolute atomic E-state index is 0.0162. The second-order valence-corrected chi connectivity index (χ2v) is 8.01. The van der Waals surface area contributed by atoms with Crippen LogP contribution in [0.2, 0.25) is 0 Å². The monoisotopic (exact) mass is 421 g/mol. The average molecular weight is 421 g/mol. The summed E-state index contributed by atoms with van der Waals surface area (Å²) in [7, 11) is 1.62. The molecule has 1 saturated carbocycles. The summed E-state index contributed by atoms with van der Waals surface area (Å²) >= 11 is 0. The van der Waals surface area contributed by atoms with Crippen molar-refractivity contribution in [2.24, 2.45) is 0 Å². The summed E-state index contributed by atoms with van der Waals surface area (Å²) in [6.45, 7) is 0.455. The Balaban J connectivity index is 1.35. The number of carbonyl (C=O) groups is 3. The van der Waals surface area contributed by atoms with Crippen molar-refractivity contribution >= 4 is 23.5 Å². The van der Waals surface area contributed by atoms with Gasteiger partial charge >= 0.3 is 6.03 Å². The van der Waals surface area contributed by atoms with Gasteiger partial charge in [0.15, 0.2) is 0 Å². The molecule has 1 heterocycles. The maximum absolute atomic E-state index is 12.9. The van der Waals surface area contributed by atoms with E-state index >= 15 is 0 Å². The second-order valence-electron chi connectivity index (χ2n) is 8.01. The van der Waals surface area contributed by atoms with Crippen molar-refractivity contribution in [3.63, 3.8) is 0 Å². The molecule has 4 rings (SSSR count). The van der Waals surface area contributed by atoms with Crippen LogP contribution in [0.15, 0.2) is 42.5 Å². The van der Waals surface area contributed by atoms with E-state index in [4.69, 9.17) is 4.74 Å². The van der Waals surface area contributed by atoms with E-state index in [1.165, 1.54) is 4.90 Å². The van der Waals surface area contributed by atoms with E-state index in [-0.39, 0.29) is 23.9 Å². The minimum atomic E-state index is -0.358. The summed E-state index contributed by atoms with van der Waals surface area (Å²) in [6.07, 6.45) is 5.64. The van der Waals surface area contributed by atoms with Gasteiger partial charge < -0.3 is 15.4 Å². The predicted octanol–water partition coefficient (Wildman–Crippen LogP) is 3.99. The lowest BCUT2D eigenvalue weighted by Crippen LogP contribution is -2.40. The van der Waals surface area contributed by atoms with Crippen molar-refractivity contribution < 1.29 is 19.1 Å². The van der Waals surface area contributed by atoms with Crippen LogP contribution in [-0.2, 0) is 6.42 Å². The molecular formula is C24H27N3O4. The van der Waals surface area contributed by atoms with Crippen LogP contribution in [0.4, 0.5) is 10.5 Å². The van der Waals surface area contributed by atoms with Crippen LogP contribution in [0.25, 0.3) is 0 Å². The van der Waals surface area contributed by atoms with Gasteiger partial charge in [-0.1, -0.05) is 31.4 Å². The molecule has 0 bridgehead atoms. The van der Waals surface area contributed by atoms with Crippen molar-refractivity contribution in [3.8, 4) is 5.75 Å². The molecule has 2 aromatic carbocycles. The van der Waals surface area contributed by atoms with E-state index in [1.807, 2.05) is 24.3 Å². The zero-order valence-corrected chi connectivity index (χ0v) is 17.6. The first-order valence-corrected chi connectivity index (χ1v) is 10.8. The molecule has 1 aliphatic carbocycles. The number of anilines is 1. The third kappa shape index (κ3) is 4.55. The highest BCUT2D eigenvalue weighted by atomic mass is 16.5. The van der Waals surface area contributed by atoms with Gasteiger partial charge in [-0.25, -0.2) is 4.79 Å². The molecule has 0 spiro atoms. The number of hydrogen-bond acceptors (Lipinski definition) is 4. The molecule has 162 valence electrons. The Morgan fingerprint density at radius 2 is 1.81 bits per heavy atom. The van der Waals surface area contributed by atoms with E-state index < -0.39 is 0 Å². The molecule has 1 fully saturated rings. The Kier molecular flexibility index (Phi) is 6.21. The zero-order chi connectivity index (χ0) is 21.8. The predicted molar refractivity (Wildman–Crippen MR) is 118 cm³/mol. The van der Waals surface area contributed by atoms with Crippen LogP contribution in [0.3, 0.4) is 0 Å². The Morgan fingerprint density at radius 1 is 1.03 bits per heavy atom. The van der Waals surface area contributed by atoms with Crippen LogP contribution >= 0.6 is 0 Å². The molecule has 31 heavy (non-hydrogen) atoms. The van der Waals surface area contributed by atoms with Crippen molar-refractivity contribution in [1.82, 2.24) is 10.2 Å². The topological polar surface area (TPSA) is 87.7 Å². The molecular weight excluding hydrogens is 394 g/mol. The normalized spacial score (nSPS) is 16.2. The van der Waals surface area contributed by atoms with Crippen molar-refractivity contribution in [3.05, 3.63) is 59.2 Å². The Morgan fingerprint density at radius 3 is 2.58 bits per heavy atom. The quantitative estimate of drug-likeness (QED) is 0.691. The van der Waals surface area contributed by atoms with Crippen molar-refractivity contribution in [1.29, 1.82) is 0 Å². The number of nitrogens with one attached hydrogen (secondary N) is 2. The highest BCUT2D eigenvalue weighted by molar-refractivity contribution is 6.22. The van der Waals surface area contributed by atoms with Gasteiger partial charge in [0.25, 0.3) is 11.8 Å². The fraction of sp³-hybridized carbons (Fsp3) is 0.375. The molecule has 0 unspecified atom stereocenters. The molecule has 0 radical (unpaired) electrons. The Bertz CT molecular complexity index is 998. The lowest BCUT2D eigenvalue weighted by molar-refractivity contribution is 0.0549. The van der Waals surface area contributed by atoms with E-state index in [0.29, 0.717) is 29.8 Å². The number of amides is 4. The molecule has 1 aliphatic heterocycles. The summed E-state index contributed by atoms with van der Waals surface area (Å²) in [6, 6.07) is 12.2. The SMILES string of the molecule is COc1cccc(CCNC(=O)Nc2ccc3c(c2)C(=O)N(C2CCCCC2)C3=O)c1. The summed E-state index contributed by atoms with van der Waals surface area (Å²) in [5.74, 6) is 0.303. The number of urea groups is 1. The summed E-state index contributed by atoms with van der Waals surface area (Å²) < 4.78 is 5.21. The minimum Gasteiger partial charge on any atom is -0.497 e. The molecule has 2 aliphatic rings. The number of rotatable bonds is 6. The highest BCUT2D eigenvalue weighted by Crippen LogP contribution is 2.32. The molecule has 2 N–H and O–H groups in total. The lowest BCUT2D eigenvalue weighted by Gasteiger charge is -2.29. The smallest absolute Gasteiger partial charge is 0.319 e. The highest BCUT2D eigenvalue weighted by Gasteiger charge is 2.40. The fourth-order valence-electron chi connectivity index (χ4n) is 4.33. The van der Waals surface area contributed by atoms with Crippen LogP contribution in [0.5, 0.6) is 5.75 Å². The molecule has 4 amide bonds. The summed E-state index contributed by atoms with van der Waals surface area (Å²) in [5.41, 5.74) is 2.33. The molecule has 7 heteroatoms. The fourth-order valence-corrected chi connectivity index (χ4v) is 4.33. The molecule has 0 aromatic heterocycles. The first kappa shape index (κ1) is 20.9. The Hall–Kier alpha value is -3.35. The van der Waals surface area contributed by atoms with Gasteiger partial charge in [0.1, 0.15) is 5.75 Å². The van der Waals surface area contributed by atoms with Gasteiger partial charge in [-0.15, -0.1) is 0 Å². The lowest BCUT2D eigenvalue weighted by atomic mass is 9.94. The maximum Gasteiger partial charge on any atom is 0.319 e. The molecule has 0 atom stereocenters. The number of benzene rings is 2. The molecule has 7 nitrogen and oxygen atoms in total. The second kappa shape index (κ2) is 9.20. The molecule has 2 aromatic rings. The third-order valence-electron chi connectivity index (χ3n) is 5.95. The molecule has 0 saturated heterocycles. The van der Waals surface area contributed by atoms with Gasteiger partial charge in [0.05, 0.1) is 18.2 Å². The number of carbonyl (C=O) groups excluding carboxylic acids is 3. The number of hydrogen-bond donors (Lipinski definition) is 2. The first-order chi connectivity index (χ1) is 15.1. The Labute approximate surface area is 181 Å². The van der Waals surface area contributed by atoms with E-state index in [9.17, 15) is 14.4 Å². The standard InChI is InChI=1S/C24H27N3O4/c1-31-19-9-5-6-16(14-19)12-13-25-24(30)26-17-10-11-20-21(15-17)23(29)27(22(20)28)18-7-3-2-4-8-18/h5-6,9-11,14-15,18H,2-4,7-8,12-13H2,1H3,(H2,25,26,30). The van der Waals surface area contributed by atoms with E-state index in [0.717, 1.165) is 43.4 Å². The number of ether oxygens (including phenoxy) is 1.